The van der Waals surface area contributed by atoms with Gasteiger partial charge in [-0.3, -0.25) is 0 Å². The van der Waals surface area contributed by atoms with Crippen molar-refractivity contribution in [3.05, 3.63) is 65.2 Å². The van der Waals surface area contributed by atoms with E-state index in [4.69, 9.17) is 0 Å². The molecule has 20 heavy (non-hydrogen) atoms. The number of para-hydroxylation sites is 1. The third-order valence-corrected chi connectivity index (χ3v) is 3.90. The van der Waals surface area contributed by atoms with Crippen molar-refractivity contribution in [2.75, 3.05) is 5.32 Å². The molecule has 1 aliphatic rings. The predicted molar refractivity (Wildman–Crippen MR) is 73.5 cm³/mol. The molecule has 104 valence electrons. The molecule has 2 atom stereocenters. The minimum Gasteiger partial charge on any atom is -0.383 e. The van der Waals surface area contributed by atoms with E-state index in [1.54, 1.807) is 6.92 Å². The molecular formula is C16H15F2NO. The smallest absolute Gasteiger partial charge is 0.126 e. The average molecular weight is 275 g/mol. The minimum atomic E-state index is -1.36. The van der Waals surface area contributed by atoms with E-state index in [0.29, 0.717) is 6.42 Å². The van der Waals surface area contributed by atoms with Crippen molar-refractivity contribution >= 4 is 5.69 Å². The summed E-state index contributed by atoms with van der Waals surface area (Å²) in [6.07, 6.45) is 0.612. The molecule has 0 bridgehead atoms. The molecule has 2 N–H and O–H groups in total. The molecule has 2 aromatic carbocycles. The van der Waals surface area contributed by atoms with Gasteiger partial charge in [0.1, 0.15) is 17.2 Å². The molecule has 0 fully saturated rings. The molecule has 3 rings (SSSR count). The van der Waals surface area contributed by atoms with Crippen LogP contribution in [0.5, 0.6) is 0 Å². The van der Waals surface area contributed by atoms with Gasteiger partial charge in [0.25, 0.3) is 0 Å². The number of hydrogen-bond donors (Lipinski definition) is 2. The van der Waals surface area contributed by atoms with Crippen molar-refractivity contribution < 1.29 is 13.9 Å². The quantitative estimate of drug-likeness (QED) is 0.882. The largest absolute Gasteiger partial charge is 0.383 e. The van der Waals surface area contributed by atoms with Gasteiger partial charge in [0.05, 0.1) is 6.04 Å². The Hall–Kier alpha value is -1.94. The van der Waals surface area contributed by atoms with E-state index in [0.717, 1.165) is 17.3 Å². The molecule has 0 spiro atoms. The monoisotopic (exact) mass is 275 g/mol. The molecule has 0 saturated heterocycles. The van der Waals surface area contributed by atoms with E-state index in [1.165, 1.54) is 12.1 Å². The Labute approximate surface area is 116 Å². The van der Waals surface area contributed by atoms with Crippen molar-refractivity contribution in [1.29, 1.82) is 0 Å². The second-order valence-electron chi connectivity index (χ2n) is 5.36. The van der Waals surface area contributed by atoms with Crippen LogP contribution in [0.25, 0.3) is 0 Å². The summed E-state index contributed by atoms with van der Waals surface area (Å²) in [5.74, 6) is -1.37. The highest BCUT2D eigenvalue weighted by Gasteiger charge is 2.38. The minimum absolute atomic E-state index is 0.236. The predicted octanol–water partition coefficient (Wildman–Crippen LogP) is 3.21. The Bertz CT molecular complexity index is 609. The van der Waals surface area contributed by atoms with Crippen LogP contribution in [0.1, 0.15) is 18.1 Å². The SMILES string of the molecule is CC(O)(c1cc(F)cc(F)c1)C1Cc2ccccc2N1. The first-order chi connectivity index (χ1) is 9.46. The van der Waals surface area contributed by atoms with Crippen LogP contribution >= 0.6 is 0 Å². The third kappa shape index (κ3) is 2.16. The number of fused-ring (bicyclic) bond motifs is 1. The van der Waals surface area contributed by atoms with Gasteiger partial charge >= 0.3 is 0 Å². The van der Waals surface area contributed by atoms with Crippen LogP contribution in [0.15, 0.2) is 42.5 Å². The summed E-state index contributed by atoms with van der Waals surface area (Å²) in [5, 5.41) is 13.9. The lowest BCUT2D eigenvalue weighted by atomic mass is 9.86. The molecule has 0 radical (unpaired) electrons. The first kappa shape index (κ1) is 13.1. The second kappa shape index (κ2) is 4.56. The summed E-state index contributed by atoms with van der Waals surface area (Å²) in [6, 6.07) is 10.6. The van der Waals surface area contributed by atoms with Crippen LogP contribution in [0, 0.1) is 11.6 Å². The van der Waals surface area contributed by atoms with Gasteiger partial charge in [-0.15, -0.1) is 0 Å². The van der Waals surface area contributed by atoms with Crippen molar-refractivity contribution in [3.63, 3.8) is 0 Å². The molecule has 0 aromatic heterocycles. The summed E-state index contributed by atoms with van der Waals surface area (Å²) in [4.78, 5) is 0. The van der Waals surface area contributed by atoms with E-state index in [1.807, 2.05) is 24.3 Å². The first-order valence-electron chi connectivity index (χ1n) is 6.50. The summed E-state index contributed by atoms with van der Waals surface area (Å²) in [5.41, 5.74) is 0.923. The average Bonchev–Trinajstić information content (AvgIpc) is 2.82. The fourth-order valence-electron chi connectivity index (χ4n) is 2.68. The van der Waals surface area contributed by atoms with E-state index >= 15 is 0 Å². The highest BCUT2D eigenvalue weighted by molar-refractivity contribution is 5.57. The van der Waals surface area contributed by atoms with Gasteiger partial charge < -0.3 is 10.4 Å². The number of hydrogen-bond acceptors (Lipinski definition) is 2. The van der Waals surface area contributed by atoms with Crippen molar-refractivity contribution in [2.24, 2.45) is 0 Å². The molecule has 4 heteroatoms. The number of aliphatic hydroxyl groups is 1. The topological polar surface area (TPSA) is 32.3 Å². The summed E-state index contributed by atoms with van der Waals surface area (Å²) >= 11 is 0. The number of rotatable bonds is 2. The van der Waals surface area contributed by atoms with E-state index in [-0.39, 0.29) is 11.6 Å². The third-order valence-electron chi connectivity index (χ3n) is 3.90. The Morgan fingerprint density at radius 1 is 1.15 bits per heavy atom. The fourth-order valence-corrected chi connectivity index (χ4v) is 2.68. The van der Waals surface area contributed by atoms with Crippen LogP contribution in [-0.4, -0.2) is 11.1 Å². The highest BCUT2D eigenvalue weighted by Crippen LogP contribution is 2.36. The molecule has 0 amide bonds. The zero-order chi connectivity index (χ0) is 14.3. The van der Waals surface area contributed by atoms with Gasteiger partial charge in [-0.2, -0.15) is 0 Å². The lowest BCUT2D eigenvalue weighted by molar-refractivity contribution is 0.0375. The Morgan fingerprint density at radius 2 is 1.80 bits per heavy atom. The van der Waals surface area contributed by atoms with Gasteiger partial charge in [-0.25, -0.2) is 8.78 Å². The van der Waals surface area contributed by atoms with Gasteiger partial charge in [0.2, 0.25) is 0 Å². The number of anilines is 1. The number of benzene rings is 2. The maximum atomic E-state index is 13.3. The molecule has 0 aliphatic carbocycles. The second-order valence-corrected chi connectivity index (χ2v) is 5.36. The summed E-state index contributed by atoms with van der Waals surface area (Å²) < 4.78 is 26.7. The Kier molecular flexibility index (Phi) is 2.98. The molecule has 1 aliphatic heterocycles. The zero-order valence-corrected chi connectivity index (χ0v) is 11.0. The van der Waals surface area contributed by atoms with Crippen LogP contribution in [0.3, 0.4) is 0 Å². The molecule has 0 saturated carbocycles. The lowest BCUT2D eigenvalue weighted by Crippen LogP contribution is -2.41. The fraction of sp³-hybridized carbons (Fsp3) is 0.250. The number of nitrogens with one attached hydrogen (secondary N) is 1. The molecule has 1 heterocycles. The zero-order valence-electron chi connectivity index (χ0n) is 11.0. The summed E-state index contributed by atoms with van der Waals surface area (Å²) in [7, 11) is 0. The van der Waals surface area contributed by atoms with Gasteiger partial charge in [-0.05, 0) is 42.7 Å². The van der Waals surface area contributed by atoms with Gasteiger partial charge in [-0.1, -0.05) is 18.2 Å². The van der Waals surface area contributed by atoms with E-state index in [9.17, 15) is 13.9 Å². The van der Waals surface area contributed by atoms with Crippen LogP contribution in [0.2, 0.25) is 0 Å². The van der Waals surface area contributed by atoms with Crippen molar-refractivity contribution in [2.45, 2.75) is 25.0 Å². The van der Waals surface area contributed by atoms with Gasteiger partial charge in [0.15, 0.2) is 0 Å². The van der Waals surface area contributed by atoms with Crippen molar-refractivity contribution in [3.8, 4) is 0 Å². The van der Waals surface area contributed by atoms with Gasteiger partial charge in [0, 0.05) is 11.8 Å². The van der Waals surface area contributed by atoms with E-state index < -0.39 is 17.2 Å². The van der Waals surface area contributed by atoms with Crippen LogP contribution < -0.4 is 5.32 Å². The maximum absolute atomic E-state index is 13.3. The Balaban J connectivity index is 1.94. The first-order valence-corrected chi connectivity index (χ1v) is 6.50. The Morgan fingerprint density at radius 3 is 2.45 bits per heavy atom. The summed E-state index contributed by atoms with van der Waals surface area (Å²) in [6.45, 7) is 1.57. The molecule has 2 nitrogen and oxygen atoms in total. The van der Waals surface area contributed by atoms with Crippen LogP contribution in [-0.2, 0) is 12.0 Å². The van der Waals surface area contributed by atoms with Crippen LogP contribution in [0.4, 0.5) is 14.5 Å². The highest BCUT2D eigenvalue weighted by atomic mass is 19.1. The number of halogens is 2. The molecular weight excluding hydrogens is 260 g/mol. The molecule has 2 unspecified atom stereocenters. The lowest BCUT2D eigenvalue weighted by Gasteiger charge is -2.31. The van der Waals surface area contributed by atoms with E-state index in [2.05, 4.69) is 5.32 Å². The standard InChI is InChI=1S/C16H15F2NO/c1-16(20,11-7-12(17)9-13(18)8-11)15-6-10-4-2-3-5-14(10)19-15/h2-5,7-9,15,19-20H,6H2,1H3. The molecule has 2 aromatic rings. The van der Waals surface area contributed by atoms with Crippen molar-refractivity contribution in [1.82, 2.24) is 0 Å². The normalized spacial score (nSPS) is 20.1. The maximum Gasteiger partial charge on any atom is 0.126 e.